The third-order valence-corrected chi connectivity index (χ3v) is 3.46. The van der Waals surface area contributed by atoms with Crippen LogP contribution >= 0.6 is 0 Å². The van der Waals surface area contributed by atoms with Crippen LogP contribution in [-0.2, 0) is 16.3 Å². The molecule has 9 heteroatoms. The predicted octanol–water partition coefficient (Wildman–Crippen LogP) is 3.43. The molecule has 1 aromatic carbocycles. The number of esters is 1. The molecular formula is C13H7F6NO2. The lowest BCUT2D eigenvalue weighted by atomic mass is 9.89. The maximum Gasteiger partial charge on any atom is 0.419 e. The van der Waals surface area contributed by atoms with Gasteiger partial charge in [0.1, 0.15) is 5.82 Å². The molecule has 0 N–H and O–H groups in total. The Bertz CT molecular complexity index is 691. The highest BCUT2D eigenvalue weighted by Gasteiger charge is 2.75. The van der Waals surface area contributed by atoms with E-state index in [1.807, 2.05) is 0 Å². The van der Waals surface area contributed by atoms with E-state index < -0.39 is 52.4 Å². The minimum atomic E-state index is -5.16. The van der Waals surface area contributed by atoms with Crippen molar-refractivity contribution in [3.8, 4) is 6.07 Å². The average Bonchev–Trinajstić information content (AvgIpc) is 2.98. The van der Waals surface area contributed by atoms with Crippen LogP contribution in [0.2, 0.25) is 0 Å². The van der Waals surface area contributed by atoms with Gasteiger partial charge in [0.05, 0.1) is 24.3 Å². The molecule has 1 aromatic rings. The lowest BCUT2D eigenvalue weighted by Crippen LogP contribution is -2.23. The maximum atomic E-state index is 14.2. The van der Waals surface area contributed by atoms with E-state index in [0.717, 1.165) is 13.2 Å². The number of nitriles is 1. The highest BCUT2D eigenvalue weighted by atomic mass is 19.4. The zero-order chi connectivity index (χ0) is 16.9. The van der Waals surface area contributed by atoms with E-state index >= 15 is 0 Å². The number of carbonyl (C=O) groups is 1. The lowest BCUT2D eigenvalue weighted by molar-refractivity contribution is -0.140. The van der Waals surface area contributed by atoms with Gasteiger partial charge in [-0.25, -0.2) is 18.0 Å². The molecular weight excluding hydrogens is 316 g/mol. The molecule has 2 rings (SSSR count). The van der Waals surface area contributed by atoms with Gasteiger partial charge in [0.2, 0.25) is 0 Å². The summed E-state index contributed by atoms with van der Waals surface area (Å²) in [5.41, 5.74) is -6.73. The van der Waals surface area contributed by atoms with Gasteiger partial charge in [-0.1, -0.05) is 0 Å². The van der Waals surface area contributed by atoms with Crippen molar-refractivity contribution in [2.45, 2.75) is 23.9 Å². The van der Waals surface area contributed by atoms with E-state index in [1.165, 1.54) is 0 Å². The first kappa shape index (κ1) is 16.1. The summed E-state index contributed by atoms with van der Waals surface area (Å²) in [6, 6.07) is 1.91. The van der Waals surface area contributed by atoms with Gasteiger partial charge in [-0.3, -0.25) is 0 Å². The molecule has 0 heterocycles. The van der Waals surface area contributed by atoms with Gasteiger partial charge in [0, 0.05) is 12.0 Å². The summed E-state index contributed by atoms with van der Waals surface area (Å²) in [6.07, 6.45) is -6.33. The molecule has 0 bridgehead atoms. The van der Waals surface area contributed by atoms with Crippen LogP contribution in [0.3, 0.4) is 0 Å². The van der Waals surface area contributed by atoms with Crippen molar-refractivity contribution in [3.05, 3.63) is 34.6 Å². The lowest BCUT2D eigenvalue weighted by Gasteiger charge is -2.17. The largest absolute Gasteiger partial charge is 0.465 e. The molecule has 118 valence electrons. The summed E-state index contributed by atoms with van der Waals surface area (Å²) in [6.45, 7) is 0. The van der Waals surface area contributed by atoms with E-state index in [4.69, 9.17) is 5.26 Å². The average molecular weight is 323 g/mol. The van der Waals surface area contributed by atoms with Crippen LogP contribution in [0, 0.1) is 17.1 Å². The second-order valence-corrected chi connectivity index (χ2v) is 4.74. The first-order valence-electron chi connectivity index (χ1n) is 5.79. The van der Waals surface area contributed by atoms with Crippen molar-refractivity contribution < 1.29 is 35.9 Å². The predicted molar refractivity (Wildman–Crippen MR) is 59.6 cm³/mol. The normalized spacial score (nSPS) is 22.8. The summed E-state index contributed by atoms with van der Waals surface area (Å²) in [7, 11) is 0.853. The first-order valence-corrected chi connectivity index (χ1v) is 5.79. The molecule has 0 radical (unpaired) electrons. The van der Waals surface area contributed by atoms with E-state index in [-0.39, 0.29) is 6.07 Å². The topological polar surface area (TPSA) is 50.1 Å². The maximum absolute atomic E-state index is 14.2. The number of alkyl halides is 5. The Morgan fingerprint density at radius 3 is 2.27 bits per heavy atom. The molecule has 1 saturated carbocycles. The second-order valence-electron chi connectivity index (χ2n) is 4.74. The fourth-order valence-electron chi connectivity index (χ4n) is 2.23. The summed E-state index contributed by atoms with van der Waals surface area (Å²) < 4.78 is 83.5. The molecule has 0 amide bonds. The molecule has 3 nitrogen and oxygen atoms in total. The van der Waals surface area contributed by atoms with Crippen LogP contribution in [0.15, 0.2) is 12.1 Å². The Hall–Kier alpha value is -2.24. The van der Waals surface area contributed by atoms with Crippen molar-refractivity contribution >= 4 is 5.97 Å². The second kappa shape index (κ2) is 4.63. The van der Waals surface area contributed by atoms with Crippen LogP contribution in [0.4, 0.5) is 26.3 Å². The smallest absolute Gasteiger partial charge is 0.419 e. The standard InChI is InChI=1S/C13H7F6NO2/c1-22-10(21)6-2-3-7(13(17,18)19)9(14)8(6)11(5-20)4-12(11,15)16/h2-3H,4H2,1H3. The Labute approximate surface area is 120 Å². The first-order chi connectivity index (χ1) is 10.0. The van der Waals surface area contributed by atoms with Crippen LogP contribution in [0.5, 0.6) is 0 Å². The summed E-state index contributed by atoms with van der Waals surface area (Å²) in [5, 5.41) is 8.91. The summed E-state index contributed by atoms with van der Waals surface area (Å²) in [5.74, 6) is -7.09. The molecule has 1 aliphatic rings. The Morgan fingerprint density at radius 2 is 1.91 bits per heavy atom. The van der Waals surface area contributed by atoms with Crippen LogP contribution in [0.25, 0.3) is 0 Å². The van der Waals surface area contributed by atoms with Crippen molar-refractivity contribution in [2.24, 2.45) is 0 Å². The summed E-state index contributed by atoms with van der Waals surface area (Å²) in [4.78, 5) is 11.5. The molecule has 1 aliphatic carbocycles. The monoisotopic (exact) mass is 323 g/mol. The third-order valence-electron chi connectivity index (χ3n) is 3.46. The van der Waals surface area contributed by atoms with Gasteiger partial charge in [0.25, 0.3) is 5.92 Å². The molecule has 1 unspecified atom stereocenters. The van der Waals surface area contributed by atoms with E-state index in [1.54, 1.807) is 0 Å². The van der Waals surface area contributed by atoms with Crippen LogP contribution in [-0.4, -0.2) is 19.0 Å². The number of rotatable bonds is 2. The Balaban J connectivity index is 2.80. The number of carbonyl (C=O) groups excluding carboxylic acids is 1. The quantitative estimate of drug-likeness (QED) is 0.619. The fraction of sp³-hybridized carbons (Fsp3) is 0.385. The Morgan fingerprint density at radius 1 is 1.36 bits per heavy atom. The van der Waals surface area contributed by atoms with Crippen molar-refractivity contribution in [1.29, 1.82) is 5.26 Å². The van der Waals surface area contributed by atoms with Crippen LogP contribution in [0.1, 0.15) is 27.9 Å². The molecule has 0 saturated heterocycles. The number of nitrogens with zero attached hydrogens (tertiary/aromatic N) is 1. The fourth-order valence-corrected chi connectivity index (χ4v) is 2.23. The highest BCUT2D eigenvalue weighted by molar-refractivity contribution is 5.92. The van der Waals surface area contributed by atoms with Crippen molar-refractivity contribution in [1.82, 2.24) is 0 Å². The molecule has 1 fully saturated rings. The van der Waals surface area contributed by atoms with Gasteiger partial charge in [0.15, 0.2) is 5.41 Å². The third kappa shape index (κ3) is 2.10. The Kier molecular flexibility index (Phi) is 3.39. The zero-order valence-electron chi connectivity index (χ0n) is 10.9. The number of halogens is 6. The van der Waals surface area contributed by atoms with E-state index in [9.17, 15) is 31.1 Å². The number of benzene rings is 1. The number of methoxy groups -OCH3 is 1. The minimum absolute atomic E-state index is 0.247. The van der Waals surface area contributed by atoms with Gasteiger partial charge < -0.3 is 4.74 Å². The van der Waals surface area contributed by atoms with Crippen LogP contribution < -0.4 is 0 Å². The molecule has 0 aromatic heterocycles. The van der Waals surface area contributed by atoms with Gasteiger partial charge in [-0.2, -0.15) is 18.4 Å². The number of ether oxygens (including phenoxy) is 1. The summed E-state index contributed by atoms with van der Waals surface area (Å²) >= 11 is 0. The van der Waals surface area contributed by atoms with E-state index in [2.05, 4.69) is 4.74 Å². The highest BCUT2D eigenvalue weighted by Crippen LogP contribution is 2.62. The zero-order valence-corrected chi connectivity index (χ0v) is 10.9. The SMILES string of the molecule is COC(=O)c1ccc(C(F)(F)F)c(F)c1C1(C#N)CC1(F)F. The van der Waals surface area contributed by atoms with E-state index in [0.29, 0.717) is 6.07 Å². The van der Waals surface area contributed by atoms with Crippen molar-refractivity contribution in [2.75, 3.05) is 7.11 Å². The van der Waals surface area contributed by atoms with Gasteiger partial charge in [-0.05, 0) is 12.1 Å². The number of hydrogen-bond donors (Lipinski definition) is 0. The minimum Gasteiger partial charge on any atom is -0.465 e. The molecule has 22 heavy (non-hydrogen) atoms. The van der Waals surface area contributed by atoms with Crippen molar-refractivity contribution in [3.63, 3.8) is 0 Å². The van der Waals surface area contributed by atoms with Gasteiger partial charge >= 0.3 is 12.1 Å². The van der Waals surface area contributed by atoms with Gasteiger partial charge in [-0.15, -0.1) is 0 Å². The molecule has 1 atom stereocenters. The molecule has 0 aliphatic heterocycles. The molecule has 0 spiro atoms. The number of hydrogen-bond acceptors (Lipinski definition) is 3.